The summed E-state index contributed by atoms with van der Waals surface area (Å²) >= 11 is 0. The molecule has 33 heavy (non-hydrogen) atoms. The molecule has 2 saturated heterocycles. The molecule has 2 fully saturated rings. The molecule has 2 heterocycles. The van der Waals surface area contributed by atoms with Crippen LogP contribution in [0.5, 0.6) is 0 Å². The van der Waals surface area contributed by atoms with E-state index in [-0.39, 0.29) is 22.2 Å². The van der Waals surface area contributed by atoms with Crippen molar-refractivity contribution in [2.24, 2.45) is 0 Å². The van der Waals surface area contributed by atoms with Crippen LogP contribution >= 0.6 is 0 Å². The van der Waals surface area contributed by atoms with E-state index in [0.717, 1.165) is 44.1 Å². The van der Waals surface area contributed by atoms with Gasteiger partial charge >= 0.3 is 5.97 Å². The first kappa shape index (κ1) is 25.9. The van der Waals surface area contributed by atoms with Crippen molar-refractivity contribution < 1.29 is 14.5 Å². The van der Waals surface area contributed by atoms with E-state index in [4.69, 9.17) is 9.68 Å². The van der Waals surface area contributed by atoms with Crippen molar-refractivity contribution in [3.8, 4) is 0 Å². The summed E-state index contributed by atoms with van der Waals surface area (Å²) in [5, 5.41) is 3.92. The van der Waals surface area contributed by atoms with Gasteiger partial charge in [0.15, 0.2) is 0 Å². The highest BCUT2D eigenvalue weighted by atomic mass is 16.8. The quantitative estimate of drug-likeness (QED) is 0.486. The lowest BCUT2D eigenvalue weighted by Gasteiger charge is -2.53. The van der Waals surface area contributed by atoms with Crippen LogP contribution in [0.2, 0.25) is 0 Å². The second-order valence-corrected chi connectivity index (χ2v) is 12.3. The first-order valence-corrected chi connectivity index (χ1v) is 12.4. The van der Waals surface area contributed by atoms with E-state index in [0.29, 0.717) is 5.57 Å². The second-order valence-electron chi connectivity index (χ2n) is 12.3. The van der Waals surface area contributed by atoms with Gasteiger partial charge in [0.05, 0.1) is 11.1 Å². The SMILES string of the molecule is C=C(c1ccccc1)C(ON1C(C)(C)CCCC1(C)C)C(=O)ON1C(C)(C)CCCC1(C)C. The Bertz CT molecular complexity index is 825. The molecule has 1 atom stereocenters. The van der Waals surface area contributed by atoms with Crippen LogP contribution in [0.4, 0.5) is 0 Å². The second kappa shape index (κ2) is 9.16. The Labute approximate surface area is 201 Å². The van der Waals surface area contributed by atoms with Gasteiger partial charge in [-0.05, 0) is 105 Å². The van der Waals surface area contributed by atoms with Crippen LogP contribution in [-0.4, -0.2) is 44.4 Å². The number of piperidine rings is 2. The predicted octanol–water partition coefficient (Wildman–Crippen LogP) is 6.54. The summed E-state index contributed by atoms with van der Waals surface area (Å²) in [5.41, 5.74) is 0.580. The molecule has 0 radical (unpaired) electrons. The maximum absolute atomic E-state index is 13.8. The molecule has 0 aliphatic carbocycles. The molecule has 0 bridgehead atoms. The maximum Gasteiger partial charge on any atom is 0.361 e. The summed E-state index contributed by atoms with van der Waals surface area (Å²) in [6.07, 6.45) is 5.26. The van der Waals surface area contributed by atoms with Crippen molar-refractivity contribution in [3.63, 3.8) is 0 Å². The smallest absolute Gasteiger partial charge is 0.361 e. The Balaban J connectivity index is 1.95. The van der Waals surface area contributed by atoms with Crippen LogP contribution in [0.15, 0.2) is 36.9 Å². The summed E-state index contributed by atoms with van der Waals surface area (Å²) in [6.45, 7) is 21.6. The van der Waals surface area contributed by atoms with Gasteiger partial charge in [0.2, 0.25) is 6.10 Å². The van der Waals surface area contributed by atoms with Crippen LogP contribution in [0, 0.1) is 0 Å². The fraction of sp³-hybridized carbons (Fsp3) is 0.679. The fourth-order valence-electron chi connectivity index (χ4n) is 5.78. The summed E-state index contributed by atoms with van der Waals surface area (Å²) in [6, 6.07) is 9.80. The Kier molecular flexibility index (Phi) is 7.20. The molecule has 5 nitrogen and oxygen atoms in total. The molecule has 0 saturated carbocycles. The van der Waals surface area contributed by atoms with E-state index >= 15 is 0 Å². The van der Waals surface area contributed by atoms with Gasteiger partial charge in [0, 0.05) is 11.1 Å². The molecule has 2 aliphatic rings. The highest BCUT2D eigenvalue weighted by Crippen LogP contribution is 2.41. The Morgan fingerprint density at radius 2 is 1.21 bits per heavy atom. The van der Waals surface area contributed by atoms with E-state index in [1.807, 2.05) is 40.5 Å². The number of nitrogens with zero attached hydrogens (tertiary/aromatic N) is 2. The number of carbonyl (C=O) groups excluding carboxylic acids is 1. The number of hydroxylamine groups is 4. The van der Waals surface area contributed by atoms with Gasteiger partial charge in [-0.25, -0.2) is 4.79 Å². The average molecular weight is 457 g/mol. The molecule has 184 valence electrons. The van der Waals surface area contributed by atoms with Crippen LogP contribution in [0.1, 0.15) is 99.5 Å². The van der Waals surface area contributed by atoms with Crippen molar-refractivity contribution in [1.29, 1.82) is 0 Å². The monoisotopic (exact) mass is 456 g/mol. The van der Waals surface area contributed by atoms with E-state index in [2.05, 4.69) is 62.0 Å². The van der Waals surface area contributed by atoms with Crippen LogP contribution in [0.3, 0.4) is 0 Å². The van der Waals surface area contributed by atoms with Gasteiger partial charge < -0.3 is 4.84 Å². The zero-order valence-electron chi connectivity index (χ0n) is 22.0. The third-order valence-corrected chi connectivity index (χ3v) is 7.42. The summed E-state index contributed by atoms with van der Waals surface area (Å²) in [7, 11) is 0. The number of carbonyl (C=O) groups is 1. The van der Waals surface area contributed by atoms with E-state index in [1.165, 1.54) is 0 Å². The van der Waals surface area contributed by atoms with Crippen molar-refractivity contribution in [2.45, 2.75) is 122 Å². The van der Waals surface area contributed by atoms with Gasteiger partial charge in [-0.3, -0.25) is 4.84 Å². The van der Waals surface area contributed by atoms with Gasteiger partial charge in [0.1, 0.15) is 0 Å². The summed E-state index contributed by atoms with van der Waals surface area (Å²) < 4.78 is 0. The summed E-state index contributed by atoms with van der Waals surface area (Å²) in [5.74, 6) is -0.413. The maximum atomic E-state index is 13.8. The van der Waals surface area contributed by atoms with Crippen molar-refractivity contribution in [3.05, 3.63) is 42.5 Å². The van der Waals surface area contributed by atoms with Crippen LogP contribution in [-0.2, 0) is 14.5 Å². The minimum Gasteiger partial charge on any atom is -0.364 e. The fourth-order valence-corrected chi connectivity index (χ4v) is 5.78. The number of hydrogen-bond donors (Lipinski definition) is 0. The minimum atomic E-state index is -0.933. The lowest BCUT2D eigenvalue weighted by molar-refractivity contribution is -0.310. The molecule has 0 spiro atoms. The van der Waals surface area contributed by atoms with Crippen molar-refractivity contribution in [2.75, 3.05) is 0 Å². The standard InChI is InChI=1S/C28H44N2O3/c1-21(22-15-11-10-12-16-22)23(32-29-25(2,3)17-13-18-26(29,4)5)24(31)33-30-27(6,7)19-14-20-28(30,8)9/h10-12,15-16,23H,1,13-14,17-20H2,2-9H3. The molecule has 0 amide bonds. The molecule has 1 aromatic rings. The summed E-state index contributed by atoms with van der Waals surface area (Å²) in [4.78, 5) is 26.6. The third kappa shape index (κ3) is 5.52. The Hall–Kier alpha value is -1.69. The van der Waals surface area contributed by atoms with E-state index in [1.54, 1.807) is 0 Å². The zero-order chi connectivity index (χ0) is 24.7. The van der Waals surface area contributed by atoms with Gasteiger partial charge in [-0.1, -0.05) is 36.9 Å². The topological polar surface area (TPSA) is 42.0 Å². The normalized spacial score (nSPS) is 25.2. The minimum absolute atomic E-state index is 0.207. The molecule has 0 N–H and O–H groups in total. The lowest BCUT2D eigenvalue weighted by atomic mass is 9.82. The molecular weight excluding hydrogens is 412 g/mol. The van der Waals surface area contributed by atoms with Gasteiger partial charge in [-0.2, -0.15) is 5.06 Å². The number of benzene rings is 1. The number of hydrogen-bond acceptors (Lipinski definition) is 5. The lowest BCUT2D eigenvalue weighted by Crippen LogP contribution is -2.62. The van der Waals surface area contributed by atoms with Gasteiger partial charge in [0.25, 0.3) is 0 Å². The first-order chi connectivity index (χ1) is 15.2. The van der Waals surface area contributed by atoms with Crippen LogP contribution in [0.25, 0.3) is 5.57 Å². The highest BCUT2D eigenvalue weighted by Gasteiger charge is 2.48. The van der Waals surface area contributed by atoms with E-state index in [9.17, 15) is 4.79 Å². The third-order valence-electron chi connectivity index (χ3n) is 7.42. The molecule has 3 rings (SSSR count). The van der Waals surface area contributed by atoms with Crippen molar-refractivity contribution in [1.82, 2.24) is 10.1 Å². The van der Waals surface area contributed by atoms with Crippen LogP contribution < -0.4 is 0 Å². The zero-order valence-corrected chi connectivity index (χ0v) is 22.0. The Morgan fingerprint density at radius 3 is 1.67 bits per heavy atom. The molecular formula is C28H44N2O3. The molecule has 1 unspecified atom stereocenters. The Morgan fingerprint density at radius 1 is 0.788 bits per heavy atom. The largest absolute Gasteiger partial charge is 0.364 e. The molecule has 2 aliphatic heterocycles. The molecule has 5 heteroatoms. The van der Waals surface area contributed by atoms with Crippen molar-refractivity contribution >= 4 is 11.5 Å². The first-order valence-electron chi connectivity index (χ1n) is 12.4. The molecule has 1 aromatic carbocycles. The highest BCUT2D eigenvalue weighted by molar-refractivity contribution is 5.90. The molecule has 0 aromatic heterocycles. The van der Waals surface area contributed by atoms with Gasteiger partial charge in [-0.15, -0.1) is 5.06 Å². The number of rotatable bonds is 6. The van der Waals surface area contributed by atoms with E-state index < -0.39 is 12.1 Å². The predicted molar refractivity (Wildman–Crippen MR) is 134 cm³/mol. The average Bonchev–Trinajstić information content (AvgIpc) is 2.69.